The summed E-state index contributed by atoms with van der Waals surface area (Å²) in [6.07, 6.45) is -3.06. The van der Waals surface area contributed by atoms with Crippen LogP contribution in [0.3, 0.4) is 0 Å². The van der Waals surface area contributed by atoms with Crippen LogP contribution in [0, 0.1) is 0 Å². The van der Waals surface area contributed by atoms with E-state index in [0.29, 0.717) is 11.3 Å². The molecule has 18 heavy (non-hydrogen) atoms. The second-order valence-electron chi connectivity index (χ2n) is 3.34. The molecular formula is C10H11N3O4S. The van der Waals surface area contributed by atoms with Gasteiger partial charge in [-0.1, -0.05) is 12.1 Å². The predicted molar refractivity (Wildman–Crippen MR) is 68.4 cm³/mol. The molecule has 0 aliphatic carbocycles. The molecule has 2 amide bonds. The summed E-state index contributed by atoms with van der Waals surface area (Å²) < 4.78 is 0. The van der Waals surface area contributed by atoms with Crippen molar-refractivity contribution >= 4 is 35.2 Å². The third-order valence-corrected chi connectivity index (χ3v) is 2.10. The Labute approximate surface area is 108 Å². The Bertz CT molecular complexity index is 478. The highest BCUT2D eigenvalue weighted by molar-refractivity contribution is 7.80. The van der Waals surface area contributed by atoms with E-state index in [1.54, 1.807) is 24.3 Å². The van der Waals surface area contributed by atoms with Gasteiger partial charge in [0, 0.05) is 5.69 Å². The van der Waals surface area contributed by atoms with Crippen molar-refractivity contribution in [2.45, 2.75) is 6.54 Å². The average molecular weight is 269 g/mol. The van der Waals surface area contributed by atoms with Crippen LogP contribution in [0.2, 0.25) is 0 Å². The molecule has 0 heterocycles. The summed E-state index contributed by atoms with van der Waals surface area (Å²) in [6.45, 7) is -0.266. The number of nitrogens with two attached hydrogens (primary N) is 1. The van der Waals surface area contributed by atoms with Crippen molar-refractivity contribution in [1.82, 2.24) is 4.90 Å². The maximum atomic E-state index is 10.7. The first kappa shape index (κ1) is 13.7. The molecule has 1 aromatic carbocycles. The number of benzene rings is 1. The molecule has 0 aromatic heterocycles. The SMILES string of the molecule is NC(=S)Nc1cccc(CN(C(=O)O)C(=O)O)c1. The van der Waals surface area contributed by atoms with Gasteiger partial charge in [0.2, 0.25) is 0 Å². The third kappa shape index (κ3) is 3.91. The van der Waals surface area contributed by atoms with Crippen LogP contribution in [0.5, 0.6) is 0 Å². The van der Waals surface area contributed by atoms with Gasteiger partial charge in [0.1, 0.15) is 0 Å². The van der Waals surface area contributed by atoms with E-state index in [9.17, 15) is 9.59 Å². The number of carbonyl (C=O) groups is 2. The second kappa shape index (κ2) is 5.82. The van der Waals surface area contributed by atoms with Crippen molar-refractivity contribution < 1.29 is 19.8 Å². The minimum Gasteiger partial charge on any atom is -0.465 e. The number of thiocarbonyl (C=S) groups is 1. The maximum Gasteiger partial charge on any atom is 0.417 e. The standard InChI is InChI=1S/C10H11N3O4S/c11-8(18)12-7-3-1-2-6(4-7)5-13(9(14)15)10(16)17/h1-4H,5H2,(H,14,15)(H,16,17)(H3,11,12,18). The molecule has 0 bridgehead atoms. The lowest BCUT2D eigenvalue weighted by Crippen LogP contribution is -2.33. The lowest BCUT2D eigenvalue weighted by atomic mass is 10.2. The normalized spacial score (nSPS) is 9.56. The number of anilines is 1. The fourth-order valence-corrected chi connectivity index (χ4v) is 1.41. The van der Waals surface area contributed by atoms with Gasteiger partial charge in [0.05, 0.1) is 6.54 Å². The van der Waals surface area contributed by atoms with E-state index in [4.69, 9.17) is 15.9 Å². The van der Waals surface area contributed by atoms with Gasteiger partial charge in [-0.15, -0.1) is 0 Å². The molecular weight excluding hydrogens is 258 g/mol. The van der Waals surface area contributed by atoms with Crippen LogP contribution in [-0.4, -0.2) is 32.4 Å². The van der Waals surface area contributed by atoms with Gasteiger partial charge in [-0.05, 0) is 29.9 Å². The lowest BCUT2D eigenvalue weighted by Gasteiger charge is -2.14. The van der Waals surface area contributed by atoms with Gasteiger partial charge in [-0.25, -0.2) is 14.5 Å². The number of carboxylic acid groups (broad SMARTS) is 2. The maximum absolute atomic E-state index is 10.7. The molecule has 5 N–H and O–H groups in total. The second-order valence-corrected chi connectivity index (χ2v) is 3.78. The summed E-state index contributed by atoms with van der Waals surface area (Å²) in [6, 6.07) is 6.48. The van der Waals surface area contributed by atoms with E-state index >= 15 is 0 Å². The predicted octanol–water partition coefficient (Wildman–Crippen LogP) is 1.50. The Hall–Kier alpha value is -2.35. The first-order valence-corrected chi connectivity index (χ1v) is 5.19. The summed E-state index contributed by atoms with van der Waals surface area (Å²) in [5, 5.41) is 20.2. The van der Waals surface area contributed by atoms with Crippen LogP contribution in [0.25, 0.3) is 0 Å². The third-order valence-electron chi connectivity index (χ3n) is 2.00. The lowest BCUT2D eigenvalue weighted by molar-refractivity contribution is 0.120. The zero-order valence-electron chi connectivity index (χ0n) is 9.16. The molecule has 0 aliphatic heterocycles. The van der Waals surface area contributed by atoms with Crippen LogP contribution < -0.4 is 11.1 Å². The van der Waals surface area contributed by atoms with Crippen LogP contribution in [0.4, 0.5) is 15.3 Å². The summed E-state index contributed by atoms with van der Waals surface area (Å²) in [4.78, 5) is 21.7. The molecule has 0 spiro atoms. The molecule has 0 unspecified atom stereocenters. The topological polar surface area (TPSA) is 116 Å². The van der Waals surface area contributed by atoms with Gasteiger partial charge in [0.15, 0.2) is 5.11 Å². The summed E-state index contributed by atoms with van der Waals surface area (Å²) >= 11 is 4.66. The molecule has 7 nitrogen and oxygen atoms in total. The fourth-order valence-electron chi connectivity index (χ4n) is 1.29. The molecule has 0 fully saturated rings. The largest absolute Gasteiger partial charge is 0.465 e. The number of rotatable bonds is 3. The fraction of sp³-hybridized carbons (Fsp3) is 0.100. The van der Waals surface area contributed by atoms with E-state index in [1.807, 2.05) is 0 Å². The number of hydrogen-bond acceptors (Lipinski definition) is 3. The zero-order valence-corrected chi connectivity index (χ0v) is 9.98. The summed E-state index contributed by atoms with van der Waals surface area (Å²) in [5.74, 6) is 0. The molecule has 96 valence electrons. The van der Waals surface area contributed by atoms with Gasteiger partial charge in [-0.3, -0.25) is 0 Å². The van der Waals surface area contributed by atoms with E-state index in [0.717, 1.165) is 0 Å². The first-order chi connectivity index (χ1) is 8.40. The van der Waals surface area contributed by atoms with Crippen LogP contribution in [0.15, 0.2) is 24.3 Å². The van der Waals surface area contributed by atoms with Crippen LogP contribution in [-0.2, 0) is 6.54 Å². The first-order valence-electron chi connectivity index (χ1n) is 4.79. The summed E-state index contributed by atoms with van der Waals surface area (Å²) in [7, 11) is 0. The van der Waals surface area contributed by atoms with Crippen LogP contribution in [0.1, 0.15) is 5.56 Å². The molecule has 0 atom stereocenters. The van der Waals surface area contributed by atoms with Gasteiger partial charge in [-0.2, -0.15) is 0 Å². The quantitative estimate of drug-likeness (QED) is 0.614. The molecule has 0 saturated heterocycles. The van der Waals surface area contributed by atoms with Crippen molar-refractivity contribution in [2.24, 2.45) is 5.73 Å². The highest BCUT2D eigenvalue weighted by Gasteiger charge is 2.19. The zero-order chi connectivity index (χ0) is 13.7. The Morgan fingerprint density at radius 2 is 1.94 bits per heavy atom. The molecule has 0 aliphatic rings. The number of nitrogens with one attached hydrogen (secondary N) is 1. The van der Waals surface area contributed by atoms with Crippen molar-refractivity contribution in [3.8, 4) is 0 Å². The van der Waals surface area contributed by atoms with E-state index in [1.165, 1.54) is 0 Å². The van der Waals surface area contributed by atoms with Crippen molar-refractivity contribution in [1.29, 1.82) is 0 Å². The van der Waals surface area contributed by atoms with Gasteiger partial charge >= 0.3 is 12.2 Å². The molecule has 1 aromatic rings. The number of hydrogen-bond donors (Lipinski definition) is 4. The minimum absolute atomic E-state index is 0.0699. The number of imide groups is 1. The van der Waals surface area contributed by atoms with Crippen molar-refractivity contribution in [2.75, 3.05) is 5.32 Å². The number of amides is 2. The molecule has 0 radical (unpaired) electrons. The minimum atomic E-state index is -1.53. The smallest absolute Gasteiger partial charge is 0.417 e. The Morgan fingerprint density at radius 1 is 1.33 bits per heavy atom. The average Bonchev–Trinajstić information content (AvgIpc) is 2.24. The highest BCUT2D eigenvalue weighted by Crippen LogP contribution is 2.12. The van der Waals surface area contributed by atoms with Gasteiger partial charge < -0.3 is 21.3 Å². The highest BCUT2D eigenvalue weighted by atomic mass is 32.1. The van der Waals surface area contributed by atoms with E-state index < -0.39 is 12.2 Å². The van der Waals surface area contributed by atoms with E-state index in [2.05, 4.69) is 17.5 Å². The monoisotopic (exact) mass is 269 g/mol. The Kier molecular flexibility index (Phi) is 4.44. The Balaban J connectivity index is 2.86. The van der Waals surface area contributed by atoms with Gasteiger partial charge in [0.25, 0.3) is 0 Å². The van der Waals surface area contributed by atoms with Crippen molar-refractivity contribution in [3.05, 3.63) is 29.8 Å². The number of nitrogens with zero attached hydrogens (tertiary/aromatic N) is 1. The molecule has 1 rings (SSSR count). The van der Waals surface area contributed by atoms with Crippen molar-refractivity contribution in [3.63, 3.8) is 0 Å². The summed E-state index contributed by atoms with van der Waals surface area (Å²) in [5.41, 5.74) is 6.36. The molecule has 0 saturated carbocycles. The Morgan fingerprint density at radius 3 is 2.44 bits per heavy atom. The molecule has 8 heteroatoms. The van der Waals surface area contributed by atoms with E-state index in [-0.39, 0.29) is 16.6 Å². The van der Waals surface area contributed by atoms with Crippen LogP contribution >= 0.6 is 12.2 Å².